The van der Waals surface area contributed by atoms with Crippen LogP contribution in [0, 0.1) is 6.92 Å². The Hall–Kier alpha value is -3.72. The van der Waals surface area contributed by atoms with E-state index in [2.05, 4.69) is 15.4 Å². The van der Waals surface area contributed by atoms with Crippen molar-refractivity contribution in [3.63, 3.8) is 0 Å². The Kier molecular flexibility index (Phi) is 6.18. The second kappa shape index (κ2) is 9.19. The van der Waals surface area contributed by atoms with E-state index in [9.17, 15) is 9.59 Å². The number of rotatable bonds is 8. The summed E-state index contributed by atoms with van der Waals surface area (Å²) in [7, 11) is 3.19. The maximum atomic E-state index is 12.5. The number of benzene rings is 2. The topological polar surface area (TPSA) is 95.3 Å². The lowest BCUT2D eigenvalue weighted by atomic mass is 10.1. The minimum atomic E-state index is -0.268. The first-order valence-electron chi connectivity index (χ1n) is 9.95. The standard InChI is InChI=1S/C23H22N4O4S/c1-14-12-21(25-22(29)11-10-19(28)15-4-6-16(30-2)7-5-15)27(26-14)23-24-18-9-8-17(31-3)13-20(18)32-23/h4-9,12-13H,10-11H2,1-3H3,(H,25,29). The van der Waals surface area contributed by atoms with Gasteiger partial charge in [0.05, 0.1) is 30.1 Å². The summed E-state index contributed by atoms with van der Waals surface area (Å²) in [5.41, 5.74) is 2.11. The average molecular weight is 451 g/mol. The normalized spacial score (nSPS) is 10.8. The van der Waals surface area contributed by atoms with Gasteiger partial charge >= 0.3 is 0 Å². The first kappa shape index (κ1) is 21.5. The highest BCUT2D eigenvalue weighted by molar-refractivity contribution is 7.20. The van der Waals surface area contributed by atoms with Crippen molar-refractivity contribution in [1.82, 2.24) is 14.8 Å². The van der Waals surface area contributed by atoms with E-state index in [0.29, 0.717) is 22.3 Å². The minimum absolute atomic E-state index is 0.0616. The van der Waals surface area contributed by atoms with E-state index in [4.69, 9.17) is 9.47 Å². The molecule has 32 heavy (non-hydrogen) atoms. The number of nitrogens with zero attached hydrogens (tertiary/aromatic N) is 3. The molecule has 2 heterocycles. The predicted octanol–water partition coefficient (Wildman–Crippen LogP) is 4.41. The Morgan fingerprint density at radius 2 is 1.72 bits per heavy atom. The lowest BCUT2D eigenvalue weighted by molar-refractivity contribution is -0.116. The molecule has 0 unspecified atom stereocenters. The molecule has 0 spiro atoms. The molecular weight excluding hydrogens is 428 g/mol. The van der Waals surface area contributed by atoms with Crippen molar-refractivity contribution in [1.29, 1.82) is 0 Å². The zero-order chi connectivity index (χ0) is 22.7. The number of hydrogen-bond acceptors (Lipinski definition) is 7. The Labute approximate surface area is 188 Å². The molecule has 0 radical (unpaired) electrons. The second-order valence-electron chi connectivity index (χ2n) is 7.11. The predicted molar refractivity (Wildman–Crippen MR) is 123 cm³/mol. The van der Waals surface area contributed by atoms with Crippen LogP contribution in [0.25, 0.3) is 15.3 Å². The molecule has 8 nitrogen and oxygen atoms in total. The summed E-state index contributed by atoms with van der Waals surface area (Å²) >= 11 is 1.45. The number of ether oxygens (including phenoxy) is 2. The van der Waals surface area contributed by atoms with Crippen LogP contribution < -0.4 is 14.8 Å². The number of fused-ring (bicyclic) bond motifs is 1. The van der Waals surface area contributed by atoms with Crippen molar-refractivity contribution in [2.45, 2.75) is 19.8 Å². The highest BCUT2D eigenvalue weighted by Gasteiger charge is 2.16. The minimum Gasteiger partial charge on any atom is -0.497 e. The van der Waals surface area contributed by atoms with Crippen molar-refractivity contribution in [3.8, 4) is 16.6 Å². The fourth-order valence-electron chi connectivity index (χ4n) is 3.20. The second-order valence-corrected chi connectivity index (χ2v) is 8.12. The summed E-state index contributed by atoms with van der Waals surface area (Å²) in [4.78, 5) is 29.5. The van der Waals surface area contributed by atoms with Crippen LogP contribution in [0.4, 0.5) is 5.82 Å². The third kappa shape index (κ3) is 4.62. The van der Waals surface area contributed by atoms with E-state index in [1.165, 1.54) is 11.3 Å². The third-order valence-electron chi connectivity index (χ3n) is 4.86. The number of methoxy groups -OCH3 is 2. The Bertz CT molecular complexity index is 1280. The molecule has 2 aromatic carbocycles. The number of amides is 1. The van der Waals surface area contributed by atoms with Crippen molar-refractivity contribution in [3.05, 3.63) is 59.8 Å². The molecule has 0 aliphatic carbocycles. The third-order valence-corrected chi connectivity index (χ3v) is 5.85. The van der Waals surface area contributed by atoms with Gasteiger partial charge in [0.2, 0.25) is 11.0 Å². The number of aryl methyl sites for hydroxylation is 1. The van der Waals surface area contributed by atoms with E-state index < -0.39 is 0 Å². The van der Waals surface area contributed by atoms with Gasteiger partial charge in [0.25, 0.3) is 0 Å². The van der Waals surface area contributed by atoms with E-state index in [0.717, 1.165) is 21.7 Å². The van der Waals surface area contributed by atoms with Gasteiger partial charge in [-0.25, -0.2) is 4.98 Å². The van der Waals surface area contributed by atoms with Crippen LogP contribution in [0.1, 0.15) is 28.9 Å². The number of carbonyl (C=O) groups is 2. The van der Waals surface area contributed by atoms with Gasteiger partial charge in [0, 0.05) is 24.5 Å². The molecule has 1 N–H and O–H groups in total. The Morgan fingerprint density at radius 3 is 2.44 bits per heavy atom. The van der Waals surface area contributed by atoms with Gasteiger partial charge < -0.3 is 14.8 Å². The average Bonchev–Trinajstić information content (AvgIpc) is 3.39. The number of thiazole rings is 1. The number of anilines is 1. The number of ketones is 1. The first-order chi connectivity index (χ1) is 15.5. The number of aromatic nitrogens is 3. The number of nitrogens with one attached hydrogen (secondary N) is 1. The van der Waals surface area contributed by atoms with E-state index in [1.54, 1.807) is 49.2 Å². The summed E-state index contributed by atoms with van der Waals surface area (Å²) < 4.78 is 12.9. The van der Waals surface area contributed by atoms with Crippen molar-refractivity contribution >= 4 is 39.1 Å². The summed E-state index contributed by atoms with van der Waals surface area (Å²) in [6.45, 7) is 1.84. The molecule has 2 aromatic heterocycles. The lowest BCUT2D eigenvalue weighted by Gasteiger charge is -2.07. The summed E-state index contributed by atoms with van der Waals surface area (Å²) in [6, 6.07) is 14.3. The van der Waals surface area contributed by atoms with Crippen LogP contribution in [-0.4, -0.2) is 40.7 Å². The van der Waals surface area contributed by atoms with E-state index >= 15 is 0 Å². The summed E-state index contributed by atoms with van der Waals surface area (Å²) in [5.74, 6) is 1.56. The van der Waals surface area contributed by atoms with Crippen LogP contribution in [0.2, 0.25) is 0 Å². The summed E-state index contributed by atoms with van der Waals surface area (Å²) in [5, 5.41) is 7.95. The van der Waals surface area contributed by atoms with E-state index in [-0.39, 0.29) is 24.5 Å². The molecule has 0 aliphatic heterocycles. The molecule has 4 aromatic rings. The molecule has 0 atom stereocenters. The van der Waals surface area contributed by atoms with Crippen LogP contribution in [-0.2, 0) is 4.79 Å². The van der Waals surface area contributed by atoms with Gasteiger partial charge in [-0.05, 0) is 49.4 Å². The SMILES string of the molecule is COc1ccc(C(=O)CCC(=O)Nc2cc(C)nn2-c2nc3ccc(OC)cc3s2)cc1. The van der Waals surface area contributed by atoms with Crippen LogP contribution >= 0.6 is 11.3 Å². The number of hydrogen-bond donors (Lipinski definition) is 1. The molecule has 164 valence electrons. The zero-order valence-electron chi connectivity index (χ0n) is 17.9. The maximum absolute atomic E-state index is 12.5. The number of Topliss-reactive ketones (excluding diaryl/α,β-unsaturated/α-hetero) is 1. The van der Waals surface area contributed by atoms with Gasteiger partial charge in [-0.1, -0.05) is 11.3 Å². The molecule has 0 aliphatic rings. The fourth-order valence-corrected chi connectivity index (χ4v) is 4.16. The molecule has 0 saturated carbocycles. The molecule has 1 amide bonds. The fraction of sp³-hybridized carbons (Fsp3) is 0.217. The van der Waals surface area contributed by atoms with Gasteiger partial charge in [0.15, 0.2) is 5.78 Å². The van der Waals surface area contributed by atoms with Gasteiger partial charge in [-0.3, -0.25) is 9.59 Å². The maximum Gasteiger partial charge on any atom is 0.225 e. The summed E-state index contributed by atoms with van der Waals surface area (Å²) in [6.07, 6.45) is 0.165. The Balaban J connectivity index is 1.45. The van der Waals surface area contributed by atoms with Gasteiger partial charge in [0.1, 0.15) is 17.3 Å². The van der Waals surface area contributed by atoms with Crippen LogP contribution in [0.3, 0.4) is 0 Å². The molecule has 0 fully saturated rings. The van der Waals surface area contributed by atoms with Crippen LogP contribution in [0.15, 0.2) is 48.5 Å². The monoisotopic (exact) mass is 450 g/mol. The highest BCUT2D eigenvalue weighted by Crippen LogP contribution is 2.30. The zero-order valence-corrected chi connectivity index (χ0v) is 18.7. The van der Waals surface area contributed by atoms with Gasteiger partial charge in [-0.2, -0.15) is 9.78 Å². The van der Waals surface area contributed by atoms with E-state index in [1.807, 2.05) is 25.1 Å². The van der Waals surface area contributed by atoms with Gasteiger partial charge in [-0.15, -0.1) is 0 Å². The number of carbonyl (C=O) groups excluding carboxylic acids is 2. The molecule has 0 saturated heterocycles. The smallest absolute Gasteiger partial charge is 0.225 e. The van der Waals surface area contributed by atoms with Crippen molar-refractivity contribution in [2.24, 2.45) is 0 Å². The highest BCUT2D eigenvalue weighted by atomic mass is 32.1. The largest absolute Gasteiger partial charge is 0.497 e. The first-order valence-corrected chi connectivity index (χ1v) is 10.8. The van der Waals surface area contributed by atoms with Crippen molar-refractivity contribution < 1.29 is 19.1 Å². The molecule has 4 rings (SSSR count). The van der Waals surface area contributed by atoms with Crippen molar-refractivity contribution in [2.75, 3.05) is 19.5 Å². The quantitative estimate of drug-likeness (QED) is 0.400. The van der Waals surface area contributed by atoms with Crippen LogP contribution in [0.5, 0.6) is 11.5 Å². The molecular formula is C23H22N4O4S. The lowest BCUT2D eigenvalue weighted by Crippen LogP contribution is -2.16. The molecule has 0 bridgehead atoms. The Morgan fingerprint density at radius 1 is 1.00 bits per heavy atom. The molecule has 9 heteroatoms.